The zero-order chi connectivity index (χ0) is 11.6. The van der Waals surface area contributed by atoms with Crippen LogP contribution in [0.3, 0.4) is 0 Å². The Bertz CT molecular complexity index is 425. The SMILES string of the molecule is C=Cc1c(CP2(=O)OCCCO2)coc1C. The summed E-state index contributed by atoms with van der Waals surface area (Å²) >= 11 is 0. The zero-order valence-electron chi connectivity index (χ0n) is 9.27. The van der Waals surface area contributed by atoms with Gasteiger partial charge in [0.05, 0.1) is 25.6 Å². The molecular formula is C11H15O4P. The molecule has 1 aromatic heterocycles. The minimum absolute atomic E-state index is 0.256. The molecular weight excluding hydrogens is 227 g/mol. The lowest BCUT2D eigenvalue weighted by Crippen LogP contribution is -2.09. The molecule has 0 aromatic carbocycles. The van der Waals surface area contributed by atoms with Gasteiger partial charge in [0.2, 0.25) is 0 Å². The van der Waals surface area contributed by atoms with E-state index in [0.717, 1.165) is 23.3 Å². The highest BCUT2D eigenvalue weighted by Gasteiger charge is 2.29. The van der Waals surface area contributed by atoms with Gasteiger partial charge < -0.3 is 13.5 Å². The van der Waals surface area contributed by atoms with Crippen molar-refractivity contribution < 1.29 is 18.0 Å². The van der Waals surface area contributed by atoms with Gasteiger partial charge in [0, 0.05) is 11.1 Å². The average molecular weight is 242 g/mol. The van der Waals surface area contributed by atoms with E-state index in [1.165, 1.54) is 0 Å². The number of hydrogen-bond donors (Lipinski definition) is 0. The molecule has 0 N–H and O–H groups in total. The van der Waals surface area contributed by atoms with Crippen LogP contribution in [0.2, 0.25) is 0 Å². The Balaban J connectivity index is 2.19. The summed E-state index contributed by atoms with van der Waals surface area (Å²) in [5, 5.41) is 0. The summed E-state index contributed by atoms with van der Waals surface area (Å²) in [6, 6.07) is 0. The average Bonchev–Trinajstić information content (AvgIpc) is 2.59. The van der Waals surface area contributed by atoms with E-state index in [-0.39, 0.29) is 6.16 Å². The van der Waals surface area contributed by atoms with Gasteiger partial charge in [0.25, 0.3) is 0 Å². The van der Waals surface area contributed by atoms with E-state index in [0.29, 0.717) is 13.2 Å². The van der Waals surface area contributed by atoms with Crippen LogP contribution in [-0.2, 0) is 19.8 Å². The topological polar surface area (TPSA) is 48.7 Å². The first kappa shape index (κ1) is 11.6. The molecule has 0 spiro atoms. The van der Waals surface area contributed by atoms with Crippen molar-refractivity contribution in [3.63, 3.8) is 0 Å². The molecule has 2 heterocycles. The summed E-state index contributed by atoms with van der Waals surface area (Å²) in [5.74, 6) is 0.772. The van der Waals surface area contributed by atoms with Gasteiger partial charge in [-0.05, 0) is 13.3 Å². The second-order valence-corrected chi connectivity index (χ2v) is 5.78. The molecule has 1 aromatic rings. The maximum atomic E-state index is 12.2. The molecule has 0 atom stereocenters. The fourth-order valence-electron chi connectivity index (χ4n) is 1.71. The number of aryl methyl sites for hydroxylation is 1. The molecule has 88 valence electrons. The molecule has 16 heavy (non-hydrogen) atoms. The zero-order valence-corrected chi connectivity index (χ0v) is 10.2. The van der Waals surface area contributed by atoms with Crippen LogP contribution in [0.5, 0.6) is 0 Å². The highest BCUT2D eigenvalue weighted by atomic mass is 31.2. The summed E-state index contributed by atoms with van der Waals surface area (Å²) in [6.45, 7) is 6.55. The first-order valence-electron chi connectivity index (χ1n) is 5.22. The van der Waals surface area contributed by atoms with E-state index < -0.39 is 7.60 Å². The van der Waals surface area contributed by atoms with E-state index in [1.54, 1.807) is 12.3 Å². The molecule has 0 saturated carbocycles. The van der Waals surface area contributed by atoms with Crippen LogP contribution in [0.15, 0.2) is 17.3 Å². The van der Waals surface area contributed by atoms with Crippen LogP contribution in [0, 0.1) is 6.92 Å². The molecule has 1 saturated heterocycles. The summed E-state index contributed by atoms with van der Waals surface area (Å²) in [5.41, 5.74) is 1.71. The van der Waals surface area contributed by atoms with Crippen molar-refractivity contribution >= 4 is 13.7 Å². The summed E-state index contributed by atoms with van der Waals surface area (Å²) in [4.78, 5) is 0. The highest BCUT2D eigenvalue weighted by molar-refractivity contribution is 7.53. The van der Waals surface area contributed by atoms with Crippen LogP contribution in [0.1, 0.15) is 23.3 Å². The molecule has 1 aliphatic rings. The lowest BCUT2D eigenvalue weighted by atomic mass is 10.2. The second-order valence-electron chi connectivity index (χ2n) is 3.72. The van der Waals surface area contributed by atoms with Crippen molar-refractivity contribution in [2.24, 2.45) is 0 Å². The largest absolute Gasteiger partial charge is 0.469 e. The maximum absolute atomic E-state index is 12.2. The predicted octanol–water partition coefficient (Wildman–Crippen LogP) is 3.36. The molecule has 0 unspecified atom stereocenters. The number of furan rings is 1. The first-order chi connectivity index (χ1) is 7.64. The van der Waals surface area contributed by atoms with Crippen LogP contribution in [0.4, 0.5) is 0 Å². The molecule has 0 radical (unpaired) electrons. The van der Waals surface area contributed by atoms with Crippen LogP contribution >= 0.6 is 7.60 Å². The van der Waals surface area contributed by atoms with Gasteiger partial charge in [0.1, 0.15) is 5.76 Å². The second kappa shape index (κ2) is 4.58. The minimum Gasteiger partial charge on any atom is -0.469 e. The first-order valence-corrected chi connectivity index (χ1v) is 6.95. The third-order valence-corrected chi connectivity index (χ3v) is 4.42. The van der Waals surface area contributed by atoms with Gasteiger partial charge in [-0.1, -0.05) is 12.7 Å². The minimum atomic E-state index is -2.97. The van der Waals surface area contributed by atoms with Gasteiger partial charge in [-0.15, -0.1) is 0 Å². The standard InChI is InChI=1S/C11H15O4P/c1-3-11-9(2)13-7-10(11)8-16(12)14-5-4-6-15-16/h3,7H,1,4-6,8H2,2H3. The molecule has 0 amide bonds. The van der Waals surface area contributed by atoms with Crippen LogP contribution in [-0.4, -0.2) is 13.2 Å². The van der Waals surface area contributed by atoms with Crippen LogP contribution in [0.25, 0.3) is 6.08 Å². The third-order valence-electron chi connectivity index (χ3n) is 2.54. The molecule has 2 rings (SSSR count). The highest BCUT2D eigenvalue weighted by Crippen LogP contribution is 2.54. The van der Waals surface area contributed by atoms with Gasteiger partial charge in [0.15, 0.2) is 0 Å². The van der Waals surface area contributed by atoms with E-state index in [4.69, 9.17) is 13.5 Å². The van der Waals surface area contributed by atoms with E-state index >= 15 is 0 Å². The van der Waals surface area contributed by atoms with E-state index in [9.17, 15) is 4.57 Å². The van der Waals surface area contributed by atoms with Gasteiger partial charge in [-0.2, -0.15) is 0 Å². The summed E-state index contributed by atoms with van der Waals surface area (Å²) in [7, 11) is -2.97. The molecule has 4 nitrogen and oxygen atoms in total. The molecule has 0 aliphatic carbocycles. The lowest BCUT2D eigenvalue weighted by molar-refractivity contribution is 0.145. The van der Waals surface area contributed by atoms with Gasteiger partial charge in [-0.3, -0.25) is 4.57 Å². The molecule has 5 heteroatoms. The van der Waals surface area contributed by atoms with Gasteiger partial charge in [-0.25, -0.2) is 0 Å². The fourth-order valence-corrected chi connectivity index (χ4v) is 3.45. The van der Waals surface area contributed by atoms with Crippen molar-refractivity contribution in [1.29, 1.82) is 0 Å². The number of rotatable bonds is 3. The maximum Gasteiger partial charge on any atom is 0.335 e. The Morgan fingerprint density at radius 1 is 1.50 bits per heavy atom. The Morgan fingerprint density at radius 3 is 2.81 bits per heavy atom. The smallest absolute Gasteiger partial charge is 0.335 e. The number of hydrogen-bond acceptors (Lipinski definition) is 4. The quantitative estimate of drug-likeness (QED) is 0.762. The van der Waals surface area contributed by atoms with Crippen molar-refractivity contribution in [2.45, 2.75) is 19.5 Å². The van der Waals surface area contributed by atoms with Crippen molar-refractivity contribution in [3.05, 3.63) is 29.7 Å². The predicted molar refractivity (Wildman–Crippen MR) is 61.4 cm³/mol. The Morgan fingerprint density at radius 2 is 2.19 bits per heavy atom. The Kier molecular flexibility index (Phi) is 3.33. The van der Waals surface area contributed by atoms with Crippen molar-refractivity contribution in [3.8, 4) is 0 Å². The summed E-state index contributed by atoms with van der Waals surface area (Å²) in [6.07, 6.45) is 4.34. The monoisotopic (exact) mass is 242 g/mol. The van der Waals surface area contributed by atoms with E-state index in [1.807, 2.05) is 6.92 Å². The Hall–Kier alpha value is -0.830. The van der Waals surface area contributed by atoms with Crippen molar-refractivity contribution in [2.75, 3.05) is 13.2 Å². The molecule has 1 fully saturated rings. The van der Waals surface area contributed by atoms with Crippen LogP contribution < -0.4 is 0 Å². The van der Waals surface area contributed by atoms with Gasteiger partial charge >= 0.3 is 7.60 Å². The molecule has 0 bridgehead atoms. The Labute approximate surface area is 94.8 Å². The lowest BCUT2D eigenvalue weighted by Gasteiger charge is -2.22. The normalized spacial score (nSPS) is 19.6. The third kappa shape index (κ3) is 2.29. The van der Waals surface area contributed by atoms with Crippen molar-refractivity contribution in [1.82, 2.24) is 0 Å². The fraction of sp³-hybridized carbons (Fsp3) is 0.455. The molecule has 1 aliphatic heterocycles. The van der Waals surface area contributed by atoms with E-state index in [2.05, 4.69) is 6.58 Å². The summed E-state index contributed by atoms with van der Waals surface area (Å²) < 4.78 is 27.9.